The summed E-state index contributed by atoms with van der Waals surface area (Å²) >= 11 is 6.20. The Hall–Kier alpha value is -3.19. The van der Waals surface area contributed by atoms with Crippen LogP contribution in [-0.2, 0) is 0 Å². The van der Waals surface area contributed by atoms with Crippen molar-refractivity contribution in [3.05, 3.63) is 65.1 Å². The molecular weight excluding hydrogens is 340 g/mol. The molecule has 1 amide bonds. The summed E-state index contributed by atoms with van der Waals surface area (Å²) in [7, 11) is 0. The van der Waals surface area contributed by atoms with Crippen LogP contribution in [0.25, 0.3) is 16.7 Å². The van der Waals surface area contributed by atoms with E-state index in [4.69, 9.17) is 11.6 Å². The topological polar surface area (TPSA) is 88.5 Å². The van der Waals surface area contributed by atoms with Gasteiger partial charge in [0.1, 0.15) is 0 Å². The summed E-state index contributed by atoms with van der Waals surface area (Å²) in [5.41, 5.74) is 2.56. The second kappa shape index (κ2) is 6.03. The van der Waals surface area contributed by atoms with Crippen LogP contribution >= 0.6 is 11.6 Å². The number of pyridine rings is 1. The Bertz CT molecular complexity index is 1070. The molecule has 0 radical (unpaired) electrons. The number of aromatic amines is 1. The number of halogens is 1. The van der Waals surface area contributed by atoms with Gasteiger partial charge in [-0.2, -0.15) is 10.2 Å². The fourth-order valence-electron chi connectivity index (χ4n) is 2.52. The third-order valence-corrected chi connectivity index (χ3v) is 4.09. The van der Waals surface area contributed by atoms with Gasteiger partial charge in [-0.05, 0) is 43.3 Å². The Kier molecular flexibility index (Phi) is 3.70. The second-order valence-corrected chi connectivity index (χ2v) is 5.90. The van der Waals surface area contributed by atoms with Gasteiger partial charge in [-0.3, -0.25) is 9.89 Å². The summed E-state index contributed by atoms with van der Waals surface area (Å²) in [6, 6.07) is 10.7. The highest BCUT2D eigenvalue weighted by Crippen LogP contribution is 2.23. The Labute approximate surface area is 147 Å². The van der Waals surface area contributed by atoms with E-state index in [9.17, 15) is 4.79 Å². The number of nitrogens with one attached hydrogen (secondary N) is 2. The number of fused-ring (bicyclic) bond motifs is 1. The normalized spacial score (nSPS) is 11.0. The molecule has 1 aromatic carbocycles. The summed E-state index contributed by atoms with van der Waals surface area (Å²) in [6.45, 7) is 1.89. The molecule has 4 rings (SSSR count). The van der Waals surface area contributed by atoms with Crippen molar-refractivity contribution in [3.63, 3.8) is 0 Å². The third kappa shape index (κ3) is 2.85. The number of carbonyl (C=O) groups is 1. The number of H-pyrrole nitrogens is 1. The standard InChI is InChI=1S/C17H13ClN6O/c1-10-3-5-12-15(20-10)22-23-16(12)21-17(25)13-9-11(4-6-14(13)18)24-8-2-7-19-24/h2-9H,1H3,(H2,20,21,22,23,25). The van der Waals surface area contributed by atoms with Crippen molar-refractivity contribution < 1.29 is 4.79 Å². The number of aromatic nitrogens is 5. The first-order chi connectivity index (χ1) is 12.1. The van der Waals surface area contributed by atoms with Gasteiger partial charge in [0.05, 0.1) is 21.7 Å². The lowest BCUT2D eigenvalue weighted by Gasteiger charge is -2.08. The molecule has 0 saturated heterocycles. The molecule has 25 heavy (non-hydrogen) atoms. The van der Waals surface area contributed by atoms with E-state index in [0.717, 1.165) is 16.8 Å². The number of benzene rings is 1. The lowest BCUT2D eigenvalue weighted by Crippen LogP contribution is -2.13. The molecule has 7 nitrogen and oxygen atoms in total. The number of carbonyl (C=O) groups excluding carboxylic acids is 1. The Morgan fingerprint density at radius 1 is 1.28 bits per heavy atom. The molecule has 2 N–H and O–H groups in total. The van der Waals surface area contributed by atoms with E-state index in [2.05, 4.69) is 25.6 Å². The third-order valence-electron chi connectivity index (χ3n) is 3.76. The molecule has 0 spiro atoms. The zero-order chi connectivity index (χ0) is 17.4. The fourth-order valence-corrected chi connectivity index (χ4v) is 2.73. The minimum Gasteiger partial charge on any atom is -0.304 e. The maximum absolute atomic E-state index is 12.7. The monoisotopic (exact) mass is 352 g/mol. The van der Waals surface area contributed by atoms with Crippen molar-refractivity contribution in [1.82, 2.24) is 25.0 Å². The average Bonchev–Trinajstić information content (AvgIpc) is 3.25. The van der Waals surface area contributed by atoms with Gasteiger partial charge < -0.3 is 5.32 Å². The number of aryl methyl sites for hydroxylation is 1. The maximum Gasteiger partial charge on any atom is 0.258 e. The number of rotatable bonds is 3. The van der Waals surface area contributed by atoms with Crippen LogP contribution in [0.3, 0.4) is 0 Å². The highest BCUT2D eigenvalue weighted by molar-refractivity contribution is 6.34. The minimum absolute atomic E-state index is 0.339. The lowest BCUT2D eigenvalue weighted by molar-refractivity contribution is 0.102. The van der Waals surface area contributed by atoms with E-state index in [1.807, 2.05) is 19.1 Å². The van der Waals surface area contributed by atoms with E-state index >= 15 is 0 Å². The second-order valence-electron chi connectivity index (χ2n) is 5.49. The van der Waals surface area contributed by atoms with Gasteiger partial charge in [0.25, 0.3) is 5.91 Å². The van der Waals surface area contributed by atoms with Crippen molar-refractivity contribution in [1.29, 1.82) is 0 Å². The quantitative estimate of drug-likeness (QED) is 0.591. The van der Waals surface area contributed by atoms with Crippen LogP contribution in [0.1, 0.15) is 16.1 Å². The predicted molar refractivity (Wildman–Crippen MR) is 95.2 cm³/mol. The van der Waals surface area contributed by atoms with Crippen LogP contribution < -0.4 is 5.32 Å². The molecule has 0 bridgehead atoms. The lowest BCUT2D eigenvalue weighted by atomic mass is 10.2. The highest BCUT2D eigenvalue weighted by Gasteiger charge is 2.15. The molecular formula is C17H13ClN6O. The SMILES string of the molecule is Cc1ccc2c(NC(=O)c3cc(-n4cccn4)ccc3Cl)n[nH]c2n1. The highest BCUT2D eigenvalue weighted by atomic mass is 35.5. The van der Waals surface area contributed by atoms with E-state index in [0.29, 0.717) is 22.1 Å². The van der Waals surface area contributed by atoms with Gasteiger partial charge in [0.2, 0.25) is 0 Å². The van der Waals surface area contributed by atoms with E-state index in [-0.39, 0.29) is 5.91 Å². The summed E-state index contributed by atoms with van der Waals surface area (Å²) in [4.78, 5) is 17.0. The van der Waals surface area contributed by atoms with Crippen LogP contribution in [-0.4, -0.2) is 30.9 Å². The van der Waals surface area contributed by atoms with Crippen LogP contribution in [0.5, 0.6) is 0 Å². The summed E-state index contributed by atoms with van der Waals surface area (Å²) < 4.78 is 1.66. The predicted octanol–water partition coefficient (Wildman–Crippen LogP) is 3.36. The number of anilines is 1. The first kappa shape index (κ1) is 15.3. The van der Waals surface area contributed by atoms with Crippen molar-refractivity contribution >= 4 is 34.4 Å². The molecule has 3 heterocycles. The van der Waals surface area contributed by atoms with Crippen LogP contribution in [0.2, 0.25) is 5.02 Å². The first-order valence-electron chi connectivity index (χ1n) is 7.54. The van der Waals surface area contributed by atoms with Gasteiger partial charge in [0, 0.05) is 18.1 Å². The van der Waals surface area contributed by atoms with Gasteiger partial charge in [-0.1, -0.05) is 11.6 Å². The van der Waals surface area contributed by atoms with Crippen LogP contribution in [0.15, 0.2) is 48.8 Å². The zero-order valence-corrected chi connectivity index (χ0v) is 13.9. The molecule has 0 unspecified atom stereocenters. The number of hydrogen-bond acceptors (Lipinski definition) is 4. The van der Waals surface area contributed by atoms with Crippen molar-refractivity contribution in [3.8, 4) is 5.69 Å². The number of hydrogen-bond donors (Lipinski definition) is 2. The molecule has 0 aliphatic carbocycles. The van der Waals surface area contributed by atoms with E-state index in [1.54, 1.807) is 41.3 Å². The van der Waals surface area contributed by atoms with Crippen molar-refractivity contribution in [2.75, 3.05) is 5.32 Å². The van der Waals surface area contributed by atoms with Gasteiger partial charge in [-0.15, -0.1) is 0 Å². The molecule has 4 aromatic rings. The number of nitrogens with zero attached hydrogens (tertiary/aromatic N) is 4. The van der Waals surface area contributed by atoms with Crippen molar-refractivity contribution in [2.24, 2.45) is 0 Å². The summed E-state index contributed by atoms with van der Waals surface area (Å²) in [6.07, 6.45) is 3.46. The summed E-state index contributed by atoms with van der Waals surface area (Å²) in [5, 5.41) is 15.0. The molecule has 0 atom stereocenters. The molecule has 0 saturated carbocycles. The Morgan fingerprint density at radius 3 is 2.96 bits per heavy atom. The number of amides is 1. The van der Waals surface area contributed by atoms with Crippen LogP contribution in [0.4, 0.5) is 5.82 Å². The Morgan fingerprint density at radius 2 is 2.16 bits per heavy atom. The fraction of sp³-hybridized carbons (Fsp3) is 0.0588. The van der Waals surface area contributed by atoms with Crippen molar-refractivity contribution in [2.45, 2.75) is 6.92 Å². The smallest absolute Gasteiger partial charge is 0.258 e. The first-order valence-corrected chi connectivity index (χ1v) is 7.92. The van der Waals surface area contributed by atoms with E-state index < -0.39 is 0 Å². The minimum atomic E-state index is -0.354. The van der Waals surface area contributed by atoms with Crippen LogP contribution in [0, 0.1) is 6.92 Å². The van der Waals surface area contributed by atoms with Gasteiger partial charge in [0.15, 0.2) is 11.5 Å². The molecule has 0 aliphatic rings. The average molecular weight is 353 g/mol. The van der Waals surface area contributed by atoms with E-state index in [1.165, 1.54) is 0 Å². The molecule has 0 aliphatic heterocycles. The zero-order valence-electron chi connectivity index (χ0n) is 13.2. The molecule has 3 aromatic heterocycles. The van der Waals surface area contributed by atoms with Gasteiger partial charge in [-0.25, -0.2) is 9.67 Å². The summed E-state index contributed by atoms with van der Waals surface area (Å²) in [5.74, 6) is 0.0565. The largest absolute Gasteiger partial charge is 0.304 e. The van der Waals surface area contributed by atoms with Gasteiger partial charge >= 0.3 is 0 Å². The maximum atomic E-state index is 12.7. The molecule has 124 valence electrons. The molecule has 0 fully saturated rings. The Balaban J connectivity index is 1.67. The molecule has 8 heteroatoms.